The van der Waals surface area contributed by atoms with Crippen LogP contribution in [0.4, 0.5) is 0 Å². The molecule has 0 spiro atoms. The van der Waals surface area contributed by atoms with E-state index in [1.54, 1.807) is 38.2 Å². The number of hydrogen-bond donors (Lipinski definition) is 2. The summed E-state index contributed by atoms with van der Waals surface area (Å²) in [7, 11) is 0. The van der Waals surface area contributed by atoms with Gasteiger partial charge in [-0.25, -0.2) is 0 Å². The van der Waals surface area contributed by atoms with Crippen LogP contribution in [0, 0.1) is 29.1 Å². The van der Waals surface area contributed by atoms with Crippen molar-refractivity contribution >= 4 is 35.1 Å². The highest BCUT2D eigenvalue weighted by molar-refractivity contribution is 6.35. The average Bonchev–Trinajstić information content (AvgIpc) is 3.91. The monoisotopic (exact) mass is 888 g/mol. The molecule has 2 aliphatic heterocycles. The lowest BCUT2D eigenvalue weighted by atomic mass is 9.88. The molecule has 2 atom stereocenters. The largest absolute Gasteiger partial charge is 0.492 e. The molecule has 330 valence electrons. The van der Waals surface area contributed by atoms with E-state index >= 15 is 0 Å². The van der Waals surface area contributed by atoms with Crippen molar-refractivity contribution in [3.8, 4) is 34.4 Å². The van der Waals surface area contributed by atoms with Gasteiger partial charge in [0.1, 0.15) is 47.4 Å². The molecular weight excluding hydrogens is 835 g/mol. The maximum Gasteiger partial charge on any atom is 0.315 e. The Bertz CT molecular complexity index is 2250. The summed E-state index contributed by atoms with van der Waals surface area (Å²) in [6.45, 7) is 9.33. The van der Waals surface area contributed by atoms with Crippen molar-refractivity contribution in [1.29, 1.82) is 5.26 Å². The Morgan fingerprint density at radius 3 is 2.16 bits per heavy atom. The number of benzene rings is 3. The van der Waals surface area contributed by atoms with Gasteiger partial charge in [-0.15, -0.1) is 0 Å². The van der Waals surface area contributed by atoms with Crippen molar-refractivity contribution in [3.63, 3.8) is 0 Å². The van der Waals surface area contributed by atoms with Crippen molar-refractivity contribution in [2.24, 2.45) is 10.8 Å². The zero-order valence-corrected chi connectivity index (χ0v) is 37.0. The van der Waals surface area contributed by atoms with Crippen LogP contribution >= 0.6 is 23.2 Å². The molecule has 0 aliphatic carbocycles. The van der Waals surface area contributed by atoms with Crippen molar-refractivity contribution in [2.75, 3.05) is 65.8 Å². The molecule has 0 radical (unpaired) electrons. The molecule has 1 aromatic heterocycles. The molecule has 6 rings (SSSR count). The molecule has 2 aliphatic rings. The minimum absolute atomic E-state index is 0.130. The van der Waals surface area contributed by atoms with Gasteiger partial charge in [-0.2, -0.15) is 5.26 Å². The predicted octanol–water partition coefficient (Wildman–Crippen LogP) is 7.16. The number of carbonyl (C=O) groups is 2. The van der Waals surface area contributed by atoms with Gasteiger partial charge < -0.3 is 38.8 Å². The number of esters is 2. The molecule has 13 nitrogen and oxygen atoms in total. The van der Waals surface area contributed by atoms with E-state index < -0.39 is 16.8 Å². The quantitative estimate of drug-likeness (QED) is 0.0680. The highest BCUT2D eigenvalue weighted by Crippen LogP contribution is 2.40. The standard InChI is InChI=1S/C47H54Cl2N4O9/c1-4-58-44(56)46(30-54)13-16-52(28-46)15-8-18-60-40-12-7-11-38(43(40)49)37-10-6-9-35(32(37)3)27-62-42-21-41(61-26-34-19-33(22-50)23-51-24-34)36(20-39(42)48)25-53-17-14-47(29-53,31-55)45(57)59-5-2/h6-7,9-12,19-21,23-24,54-55H,4-5,8,13-18,25-31H2,1-3H3. The fourth-order valence-corrected chi connectivity index (χ4v) is 8.62. The van der Waals surface area contributed by atoms with E-state index in [1.807, 2.05) is 43.3 Å². The number of carbonyl (C=O) groups excluding carboxylic acids is 2. The van der Waals surface area contributed by atoms with Crippen LogP contribution in [0.1, 0.15) is 60.9 Å². The Hall–Kier alpha value is -4.94. The van der Waals surface area contributed by atoms with Crippen LogP contribution in [0.5, 0.6) is 17.2 Å². The first kappa shape index (κ1) is 46.6. The van der Waals surface area contributed by atoms with Crippen molar-refractivity contribution in [1.82, 2.24) is 14.8 Å². The lowest BCUT2D eigenvalue weighted by Gasteiger charge is -2.25. The number of likely N-dealkylation sites (tertiary alicyclic amines) is 2. The lowest BCUT2D eigenvalue weighted by Crippen LogP contribution is -2.39. The van der Waals surface area contributed by atoms with E-state index in [4.69, 9.17) is 46.9 Å². The minimum atomic E-state index is -1.00. The van der Waals surface area contributed by atoms with Gasteiger partial charge in [-0.05, 0) is 88.0 Å². The van der Waals surface area contributed by atoms with Crippen LogP contribution in [0.2, 0.25) is 10.0 Å². The Morgan fingerprint density at radius 2 is 1.47 bits per heavy atom. The molecule has 0 bridgehead atoms. The zero-order chi connectivity index (χ0) is 44.3. The van der Waals surface area contributed by atoms with E-state index in [0.29, 0.717) is 104 Å². The van der Waals surface area contributed by atoms with Crippen LogP contribution in [0.25, 0.3) is 11.1 Å². The van der Waals surface area contributed by atoms with Gasteiger partial charge in [0.25, 0.3) is 0 Å². The molecule has 2 saturated heterocycles. The van der Waals surface area contributed by atoms with E-state index in [-0.39, 0.29) is 45.6 Å². The van der Waals surface area contributed by atoms with E-state index in [2.05, 4.69) is 20.9 Å². The van der Waals surface area contributed by atoms with Crippen molar-refractivity contribution in [2.45, 2.75) is 59.8 Å². The number of aliphatic hydroxyl groups is 2. The number of halogens is 2. The van der Waals surface area contributed by atoms with Gasteiger partial charge in [0.2, 0.25) is 0 Å². The molecule has 0 amide bonds. The molecule has 3 heterocycles. The van der Waals surface area contributed by atoms with E-state index in [1.165, 1.54) is 6.20 Å². The van der Waals surface area contributed by atoms with Crippen LogP contribution in [-0.4, -0.2) is 103 Å². The summed E-state index contributed by atoms with van der Waals surface area (Å²) in [5.41, 5.74) is 3.62. The lowest BCUT2D eigenvalue weighted by molar-refractivity contribution is -0.158. The van der Waals surface area contributed by atoms with Crippen LogP contribution in [-0.2, 0) is 38.8 Å². The highest BCUT2D eigenvalue weighted by atomic mass is 35.5. The Labute approximate surface area is 373 Å². The van der Waals surface area contributed by atoms with Crippen LogP contribution < -0.4 is 14.2 Å². The number of nitriles is 1. The molecule has 4 aromatic rings. The minimum Gasteiger partial charge on any atom is -0.492 e. The van der Waals surface area contributed by atoms with E-state index in [0.717, 1.165) is 27.8 Å². The second-order valence-corrected chi connectivity index (χ2v) is 16.7. The number of aliphatic hydroxyl groups excluding tert-OH is 2. The van der Waals surface area contributed by atoms with Crippen LogP contribution in [0.3, 0.4) is 0 Å². The first-order chi connectivity index (χ1) is 30.0. The molecule has 3 aromatic carbocycles. The summed E-state index contributed by atoms with van der Waals surface area (Å²) in [5, 5.41) is 30.5. The molecule has 0 saturated carbocycles. The second kappa shape index (κ2) is 21.4. The van der Waals surface area contributed by atoms with Crippen molar-refractivity contribution < 1.29 is 43.5 Å². The van der Waals surface area contributed by atoms with Crippen LogP contribution in [0.15, 0.2) is 67.0 Å². The first-order valence-corrected chi connectivity index (χ1v) is 21.7. The van der Waals surface area contributed by atoms with Gasteiger partial charge in [0.15, 0.2) is 0 Å². The molecule has 15 heteroatoms. The number of rotatable bonds is 20. The third-order valence-electron chi connectivity index (χ3n) is 11.7. The van der Waals surface area contributed by atoms with Gasteiger partial charge >= 0.3 is 11.9 Å². The van der Waals surface area contributed by atoms with Gasteiger partial charge in [0.05, 0.1) is 48.6 Å². The molecule has 2 N–H and O–H groups in total. The fraction of sp³-hybridized carbons (Fsp3) is 0.447. The smallest absolute Gasteiger partial charge is 0.315 e. The summed E-state index contributed by atoms with van der Waals surface area (Å²) in [5.74, 6) is 0.721. The molecule has 2 unspecified atom stereocenters. The first-order valence-electron chi connectivity index (χ1n) is 20.9. The maximum atomic E-state index is 12.8. The summed E-state index contributed by atoms with van der Waals surface area (Å²) >= 11 is 13.9. The summed E-state index contributed by atoms with van der Waals surface area (Å²) in [6, 6.07) is 19.0. The predicted molar refractivity (Wildman–Crippen MR) is 234 cm³/mol. The van der Waals surface area contributed by atoms with Gasteiger partial charge in [0, 0.05) is 61.3 Å². The molecule has 62 heavy (non-hydrogen) atoms. The maximum absolute atomic E-state index is 12.8. The number of ether oxygens (including phenoxy) is 5. The third kappa shape index (κ3) is 10.8. The van der Waals surface area contributed by atoms with Gasteiger partial charge in [-0.1, -0.05) is 53.5 Å². The summed E-state index contributed by atoms with van der Waals surface area (Å²) in [4.78, 5) is 33.7. The highest BCUT2D eigenvalue weighted by Gasteiger charge is 2.46. The Morgan fingerprint density at radius 1 is 0.806 bits per heavy atom. The number of pyridine rings is 1. The topological polar surface area (TPSA) is 164 Å². The zero-order valence-electron chi connectivity index (χ0n) is 35.5. The van der Waals surface area contributed by atoms with Crippen molar-refractivity contribution in [3.05, 3.63) is 105 Å². The summed E-state index contributed by atoms with van der Waals surface area (Å²) in [6.07, 6.45) is 4.84. The molecular formula is C47H54Cl2N4O9. The van der Waals surface area contributed by atoms with Gasteiger partial charge in [-0.3, -0.25) is 19.5 Å². The average molecular weight is 890 g/mol. The number of nitrogens with zero attached hydrogens (tertiary/aromatic N) is 4. The fourth-order valence-electron chi connectivity index (χ4n) is 8.09. The normalized spacial score (nSPS) is 18.9. The third-order valence-corrected chi connectivity index (χ3v) is 12.4. The second-order valence-electron chi connectivity index (χ2n) is 15.9. The Kier molecular flexibility index (Phi) is 16.1. The summed E-state index contributed by atoms with van der Waals surface area (Å²) < 4.78 is 29.4. The number of hydrogen-bond acceptors (Lipinski definition) is 13. The SMILES string of the molecule is CCOC(=O)C1(CO)CCN(CCCOc2cccc(-c3cccc(COc4cc(OCc5cncc(C#N)c5)c(CN5CCC(CO)(C(=O)OCC)C5)cc4Cl)c3C)c2Cl)C1. The molecule has 2 fully saturated rings. The number of aromatic nitrogens is 1. The van der Waals surface area contributed by atoms with E-state index in [9.17, 15) is 25.1 Å². The Balaban J connectivity index is 1.14.